The number of rotatable bonds is 9. The number of hydrogen-bond acceptors (Lipinski definition) is 5. The van der Waals surface area contributed by atoms with Crippen LogP contribution in [0.5, 0.6) is 0 Å². The Morgan fingerprint density at radius 2 is 1.62 bits per heavy atom. The molecular formula is C21H31N5O3. The molecule has 0 unspecified atom stereocenters. The molecule has 0 radical (unpaired) electrons. The molecule has 1 rings (SSSR count). The number of anilines is 2. The van der Waals surface area contributed by atoms with Crippen molar-refractivity contribution in [1.82, 2.24) is 10.2 Å². The normalized spacial score (nSPS) is 13.9. The Labute approximate surface area is 172 Å². The quantitative estimate of drug-likeness (QED) is 0.588. The van der Waals surface area contributed by atoms with Crippen molar-refractivity contribution in [2.45, 2.75) is 53.1 Å². The number of nitrogens with zero attached hydrogens (tertiary/aromatic N) is 2. The zero-order chi connectivity index (χ0) is 22.2. The highest BCUT2D eigenvalue weighted by Crippen LogP contribution is 2.16. The van der Waals surface area contributed by atoms with E-state index in [1.165, 1.54) is 6.92 Å². The van der Waals surface area contributed by atoms with Gasteiger partial charge in [0.25, 0.3) is 0 Å². The lowest BCUT2D eigenvalue weighted by Gasteiger charge is -2.32. The fraction of sp³-hybridized carbons (Fsp3) is 0.524. The average Bonchev–Trinajstić information content (AvgIpc) is 2.66. The molecular weight excluding hydrogens is 370 g/mol. The Morgan fingerprint density at radius 1 is 1.10 bits per heavy atom. The number of amides is 3. The molecule has 0 aliphatic heterocycles. The van der Waals surface area contributed by atoms with E-state index in [0.29, 0.717) is 17.9 Å². The van der Waals surface area contributed by atoms with E-state index in [1.54, 1.807) is 43.0 Å². The smallest absolute Gasteiger partial charge is 0.238 e. The van der Waals surface area contributed by atoms with Gasteiger partial charge in [-0.15, -0.1) is 0 Å². The minimum atomic E-state index is -0.970. The summed E-state index contributed by atoms with van der Waals surface area (Å²) in [5.74, 6) is -0.775. The zero-order valence-electron chi connectivity index (χ0n) is 18.0. The molecule has 0 bridgehead atoms. The Balaban J connectivity index is 2.71. The molecule has 3 N–H and O–H groups in total. The predicted octanol–water partition coefficient (Wildman–Crippen LogP) is 2.35. The standard InChI is InChI=1S/C21H31N5O3/c1-7-26(15(4)20(29)25-21(6,13-22)14(2)3)12-19(28)24-18-10-8-17(9-11-18)23-16(5)27/h8-11,14-15H,7,12H2,1-6H3,(H,23,27)(H,24,28)(H,25,29)/t15-,21+/m1/s1. The molecule has 1 aromatic carbocycles. The van der Waals surface area contributed by atoms with Crippen LogP contribution in [0.4, 0.5) is 11.4 Å². The third-order valence-electron chi connectivity index (χ3n) is 4.94. The summed E-state index contributed by atoms with van der Waals surface area (Å²) in [5, 5.41) is 17.6. The monoisotopic (exact) mass is 401 g/mol. The summed E-state index contributed by atoms with van der Waals surface area (Å²) in [5.41, 5.74) is 0.263. The van der Waals surface area contributed by atoms with Gasteiger partial charge in [0.05, 0.1) is 18.7 Å². The maximum Gasteiger partial charge on any atom is 0.238 e. The lowest BCUT2D eigenvalue weighted by Crippen LogP contribution is -2.55. The molecule has 3 amide bonds. The second-order valence-electron chi connectivity index (χ2n) is 7.50. The Bertz CT molecular complexity index is 770. The van der Waals surface area contributed by atoms with Crippen LogP contribution in [0.3, 0.4) is 0 Å². The maximum atomic E-state index is 12.6. The van der Waals surface area contributed by atoms with Gasteiger partial charge < -0.3 is 16.0 Å². The van der Waals surface area contributed by atoms with E-state index < -0.39 is 11.6 Å². The van der Waals surface area contributed by atoms with Crippen molar-refractivity contribution >= 4 is 29.1 Å². The molecule has 0 aromatic heterocycles. The summed E-state index contributed by atoms with van der Waals surface area (Å²) >= 11 is 0. The van der Waals surface area contributed by atoms with Crippen molar-refractivity contribution in [3.8, 4) is 6.07 Å². The van der Waals surface area contributed by atoms with E-state index in [1.807, 2.05) is 20.8 Å². The van der Waals surface area contributed by atoms with Gasteiger partial charge >= 0.3 is 0 Å². The van der Waals surface area contributed by atoms with E-state index in [0.717, 1.165) is 0 Å². The van der Waals surface area contributed by atoms with Crippen molar-refractivity contribution < 1.29 is 14.4 Å². The van der Waals surface area contributed by atoms with Gasteiger partial charge in [0.1, 0.15) is 5.54 Å². The van der Waals surface area contributed by atoms with Crippen LogP contribution in [-0.4, -0.2) is 47.3 Å². The summed E-state index contributed by atoms with van der Waals surface area (Å²) in [7, 11) is 0. The molecule has 0 aliphatic rings. The van der Waals surface area contributed by atoms with Crippen molar-refractivity contribution in [3.05, 3.63) is 24.3 Å². The molecule has 0 saturated heterocycles. The van der Waals surface area contributed by atoms with E-state index in [9.17, 15) is 19.6 Å². The first-order chi connectivity index (χ1) is 13.5. The second kappa shape index (κ2) is 10.6. The van der Waals surface area contributed by atoms with Gasteiger partial charge in [-0.2, -0.15) is 5.26 Å². The summed E-state index contributed by atoms with van der Waals surface area (Å²) in [6.07, 6.45) is 0. The van der Waals surface area contributed by atoms with Gasteiger partial charge in [0.15, 0.2) is 0 Å². The maximum absolute atomic E-state index is 12.6. The van der Waals surface area contributed by atoms with Gasteiger partial charge in [-0.1, -0.05) is 20.8 Å². The average molecular weight is 402 g/mol. The number of hydrogen-bond donors (Lipinski definition) is 3. The molecule has 0 aliphatic carbocycles. The predicted molar refractivity (Wildman–Crippen MR) is 113 cm³/mol. The summed E-state index contributed by atoms with van der Waals surface area (Å²) in [6.45, 7) is 11.0. The van der Waals surface area contributed by atoms with Crippen LogP contribution in [0, 0.1) is 17.2 Å². The van der Waals surface area contributed by atoms with Gasteiger partial charge in [0.2, 0.25) is 17.7 Å². The first-order valence-corrected chi connectivity index (χ1v) is 9.67. The first-order valence-electron chi connectivity index (χ1n) is 9.67. The summed E-state index contributed by atoms with van der Waals surface area (Å²) < 4.78 is 0. The lowest BCUT2D eigenvalue weighted by atomic mass is 9.89. The molecule has 0 saturated carbocycles. The van der Waals surface area contributed by atoms with Crippen molar-refractivity contribution in [1.29, 1.82) is 5.26 Å². The van der Waals surface area contributed by atoms with Crippen LogP contribution in [0.1, 0.15) is 41.5 Å². The Morgan fingerprint density at radius 3 is 2.03 bits per heavy atom. The minimum absolute atomic E-state index is 0.0312. The summed E-state index contributed by atoms with van der Waals surface area (Å²) in [4.78, 5) is 37.8. The lowest BCUT2D eigenvalue weighted by molar-refractivity contribution is -0.128. The van der Waals surface area contributed by atoms with Crippen LogP contribution in [-0.2, 0) is 14.4 Å². The second-order valence-corrected chi connectivity index (χ2v) is 7.50. The van der Waals surface area contributed by atoms with Crippen molar-refractivity contribution in [2.75, 3.05) is 23.7 Å². The summed E-state index contributed by atoms with van der Waals surface area (Å²) in [6, 6.07) is 8.35. The highest BCUT2D eigenvalue weighted by atomic mass is 16.2. The van der Waals surface area contributed by atoms with Gasteiger partial charge in [0, 0.05) is 18.3 Å². The molecule has 29 heavy (non-hydrogen) atoms. The van der Waals surface area contributed by atoms with E-state index in [-0.39, 0.29) is 30.2 Å². The largest absolute Gasteiger partial charge is 0.336 e. The molecule has 0 heterocycles. The van der Waals surface area contributed by atoms with E-state index in [4.69, 9.17) is 0 Å². The highest BCUT2D eigenvalue weighted by Gasteiger charge is 2.33. The topological polar surface area (TPSA) is 114 Å². The fourth-order valence-corrected chi connectivity index (χ4v) is 2.58. The number of benzene rings is 1. The third kappa shape index (κ3) is 7.20. The van der Waals surface area contributed by atoms with Crippen molar-refractivity contribution in [2.24, 2.45) is 5.92 Å². The third-order valence-corrected chi connectivity index (χ3v) is 4.94. The van der Waals surface area contributed by atoms with E-state index in [2.05, 4.69) is 22.0 Å². The number of nitriles is 1. The van der Waals surface area contributed by atoms with Gasteiger partial charge in [-0.25, -0.2) is 0 Å². The molecule has 1 aromatic rings. The number of likely N-dealkylation sites (N-methyl/N-ethyl adjacent to an activating group) is 1. The molecule has 8 heteroatoms. The number of carbonyl (C=O) groups excluding carboxylic acids is 3. The van der Waals surface area contributed by atoms with Crippen LogP contribution < -0.4 is 16.0 Å². The highest BCUT2D eigenvalue weighted by molar-refractivity contribution is 5.94. The fourth-order valence-electron chi connectivity index (χ4n) is 2.58. The molecule has 0 fully saturated rings. The van der Waals surface area contributed by atoms with Gasteiger partial charge in [-0.3, -0.25) is 19.3 Å². The van der Waals surface area contributed by atoms with E-state index >= 15 is 0 Å². The van der Waals surface area contributed by atoms with Crippen molar-refractivity contribution in [3.63, 3.8) is 0 Å². The number of nitrogens with one attached hydrogen (secondary N) is 3. The zero-order valence-corrected chi connectivity index (χ0v) is 18.0. The Hall–Kier alpha value is -2.92. The molecule has 2 atom stereocenters. The van der Waals surface area contributed by atoms with Gasteiger partial charge in [-0.05, 0) is 50.6 Å². The van der Waals surface area contributed by atoms with Crippen LogP contribution in [0.25, 0.3) is 0 Å². The van der Waals surface area contributed by atoms with Crippen LogP contribution >= 0.6 is 0 Å². The SMILES string of the molecule is CCN(CC(=O)Nc1ccc(NC(C)=O)cc1)[C@H](C)C(=O)N[C@@](C)(C#N)C(C)C. The minimum Gasteiger partial charge on any atom is -0.336 e. The molecule has 158 valence electrons. The van der Waals surface area contributed by atoms with Crippen LogP contribution in [0.15, 0.2) is 24.3 Å². The Kier molecular flexibility index (Phi) is 8.80. The van der Waals surface area contributed by atoms with Crippen LogP contribution in [0.2, 0.25) is 0 Å². The molecule has 8 nitrogen and oxygen atoms in total. The number of carbonyl (C=O) groups is 3. The first kappa shape index (κ1) is 24.1. The molecule has 0 spiro atoms.